The van der Waals surface area contributed by atoms with Gasteiger partial charge in [0.05, 0.1) is 13.2 Å². The fraction of sp³-hybridized carbons (Fsp3) is 0.333. The Morgan fingerprint density at radius 2 is 1.75 bits per heavy atom. The Bertz CT molecular complexity index is 1620. The number of isocyanates is 1. The second kappa shape index (κ2) is 9.81. The maximum atomic E-state index is 13.9. The standard InChI is InChI=1S/C30H31N5O5/c1-29(2,3)26-21-22(32-33-26)28(37)35(24(21)19-10-8-9-11-20(19)38-7)18-14-12-17(13-15-18)25-23(31-16-36)27(34-40-25)39-30(4,5)6/h8-15,24H,1-7H3,(H,32,33). The second-order valence-electron chi connectivity index (χ2n) is 11.6. The van der Waals surface area contributed by atoms with Crippen molar-refractivity contribution in [1.82, 2.24) is 15.4 Å². The third-order valence-corrected chi connectivity index (χ3v) is 6.55. The Labute approximate surface area is 232 Å². The number of carbonyl (C=O) groups excluding carboxylic acids is 2. The summed E-state index contributed by atoms with van der Waals surface area (Å²) in [5.41, 5.74) is 3.47. The van der Waals surface area contributed by atoms with E-state index in [1.807, 2.05) is 57.2 Å². The van der Waals surface area contributed by atoms with E-state index in [4.69, 9.17) is 14.0 Å². The van der Waals surface area contributed by atoms with Crippen LogP contribution >= 0.6 is 0 Å². The number of carbonyl (C=O) groups is 1. The number of methoxy groups -OCH3 is 1. The minimum Gasteiger partial charge on any atom is -0.496 e. The zero-order chi connectivity index (χ0) is 28.8. The molecule has 10 nitrogen and oxygen atoms in total. The zero-order valence-electron chi connectivity index (χ0n) is 23.5. The summed E-state index contributed by atoms with van der Waals surface area (Å²) in [5, 5.41) is 11.5. The minimum atomic E-state index is -0.578. The zero-order valence-corrected chi connectivity index (χ0v) is 23.5. The molecule has 0 fully saturated rings. The number of aromatic amines is 1. The molecule has 1 unspecified atom stereocenters. The Morgan fingerprint density at radius 3 is 2.38 bits per heavy atom. The van der Waals surface area contributed by atoms with Gasteiger partial charge in [-0.1, -0.05) is 39.0 Å². The topological polar surface area (TPSA) is 123 Å². The van der Waals surface area contributed by atoms with E-state index in [9.17, 15) is 9.59 Å². The number of ether oxygens (including phenoxy) is 2. The van der Waals surface area contributed by atoms with E-state index in [1.165, 1.54) is 0 Å². The van der Waals surface area contributed by atoms with E-state index in [0.29, 0.717) is 22.7 Å². The first-order chi connectivity index (χ1) is 18.9. The van der Waals surface area contributed by atoms with Crippen molar-refractivity contribution < 1.29 is 23.6 Å². The van der Waals surface area contributed by atoms with Crippen molar-refractivity contribution in [2.75, 3.05) is 12.0 Å². The molecule has 0 bridgehead atoms. The molecule has 3 heterocycles. The van der Waals surface area contributed by atoms with Crippen LogP contribution in [0, 0.1) is 0 Å². The van der Waals surface area contributed by atoms with Crippen molar-refractivity contribution in [1.29, 1.82) is 0 Å². The summed E-state index contributed by atoms with van der Waals surface area (Å²) in [7, 11) is 1.62. The van der Waals surface area contributed by atoms with E-state index in [2.05, 4.69) is 41.1 Å². The lowest BCUT2D eigenvalue weighted by atomic mass is 9.85. The number of para-hydroxylation sites is 1. The lowest BCUT2D eigenvalue weighted by Crippen LogP contribution is -2.30. The number of anilines is 1. The molecule has 10 heteroatoms. The summed E-state index contributed by atoms with van der Waals surface area (Å²) in [6.45, 7) is 11.8. The number of rotatable bonds is 6. The molecule has 1 aliphatic heterocycles. The van der Waals surface area contributed by atoms with Gasteiger partial charge in [-0.3, -0.25) is 14.8 Å². The van der Waals surface area contributed by atoms with Gasteiger partial charge < -0.3 is 14.0 Å². The fourth-order valence-corrected chi connectivity index (χ4v) is 4.90. The molecule has 1 amide bonds. The molecular formula is C30H31N5O5. The van der Waals surface area contributed by atoms with Crippen LogP contribution in [0.25, 0.3) is 11.3 Å². The van der Waals surface area contributed by atoms with Gasteiger partial charge in [-0.25, -0.2) is 4.79 Å². The van der Waals surface area contributed by atoms with Crippen LogP contribution in [0.4, 0.5) is 11.4 Å². The average molecular weight is 542 g/mol. The van der Waals surface area contributed by atoms with Crippen LogP contribution in [-0.2, 0) is 10.2 Å². The lowest BCUT2D eigenvalue weighted by Gasteiger charge is -2.29. The number of amides is 1. The highest BCUT2D eigenvalue weighted by Crippen LogP contribution is 2.48. The third-order valence-electron chi connectivity index (χ3n) is 6.55. The molecule has 1 aliphatic rings. The van der Waals surface area contributed by atoms with Crippen LogP contribution in [-0.4, -0.2) is 40.1 Å². The van der Waals surface area contributed by atoms with Crippen LogP contribution < -0.4 is 14.4 Å². The monoisotopic (exact) mass is 541 g/mol. The summed E-state index contributed by atoms with van der Waals surface area (Å²) < 4.78 is 17.0. The first-order valence-electron chi connectivity index (χ1n) is 12.9. The maximum Gasteiger partial charge on any atom is 0.282 e. The minimum absolute atomic E-state index is 0.0980. The predicted molar refractivity (Wildman–Crippen MR) is 149 cm³/mol. The van der Waals surface area contributed by atoms with Gasteiger partial charge in [0.15, 0.2) is 17.1 Å². The second-order valence-corrected chi connectivity index (χ2v) is 11.6. The molecular weight excluding hydrogens is 510 g/mol. The van der Waals surface area contributed by atoms with Gasteiger partial charge >= 0.3 is 0 Å². The van der Waals surface area contributed by atoms with Crippen LogP contribution in [0.3, 0.4) is 0 Å². The number of benzene rings is 2. The summed E-state index contributed by atoms with van der Waals surface area (Å²) in [6, 6.07) is 14.4. The van der Waals surface area contributed by atoms with E-state index in [0.717, 1.165) is 16.8 Å². The van der Waals surface area contributed by atoms with Gasteiger partial charge in [0.1, 0.15) is 11.4 Å². The number of nitrogens with zero attached hydrogens (tertiary/aromatic N) is 4. The molecule has 0 saturated carbocycles. The van der Waals surface area contributed by atoms with Gasteiger partial charge in [0, 0.05) is 33.5 Å². The van der Waals surface area contributed by atoms with E-state index < -0.39 is 11.6 Å². The quantitative estimate of drug-likeness (QED) is 0.226. The molecule has 0 radical (unpaired) electrons. The normalized spacial score (nSPS) is 15.1. The molecule has 1 N–H and O–H groups in total. The van der Waals surface area contributed by atoms with E-state index >= 15 is 0 Å². The molecule has 2 aromatic carbocycles. The highest BCUT2D eigenvalue weighted by atomic mass is 16.6. The molecule has 2 aromatic heterocycles. The number of nitrogens with one attached hydrogen (secondary N) is 1. The molecule has 4 aromatic rings. The number of hydrogen-bond donors (Lipinski definition) is 1. The average Bonchev–Trinajstić information content (AvgIpc) is 3.58. The summed E-state index contributed by atoms with van der Waals surface area (Å²) in [6.07, 6.45) is 1.55. The number of H-pyrrole nitrogens is 1. The Balaban J connectivity index is 1.60. The Kier molecular flexibility index (Phi) is 6.59. The largest absolute Gasteiger partial charge is 0.496 e. The first-order valence-corrected chi connectivity index (χ1v) is 12.9. The fourth-order valence-electron chi connectivity index (χ4n) is 4.90. The van der Waals surface area contributed by atoms with Crippen LogP contribution in [0.2, 0.25) is 0 Å². The lowest BCUT2D eigenvalue weighted by molar-refractivity contribution is 0.0988. The SMILES string of the molecule is COc1ccccc1C1c2c(n[nH]c2C(C)(C)C)C(=O)N1c1ccc(-c2onc(OC(C)(C)C)c2N=C=O)cc1. The van der Waals surface area contributed by atoms with Crippen LogP contribution in [0.1, 0.15) is 74.9 Å². The molecule has 1 atom stereocenters. The van der Waals surface area contributed by atoms with E-state index in [-0.39, 0.29) is 28.6 Å². The molecule has 0 saturated heterocycles. The third kappa shape index (κ3) is 4.67. The van der Waals surface area contributed by atoms with E-state index in [1.54, 1.807) is 30.2 Å². The van der Waals surface area contributed by atoms with Crippen LogP contribution in [0.5, 0.6) is 11.6 Å². The number of aliphatic imine (C=N–C) groups is 1. The predicted octanol–water partition coefficient (Wildman–Crippen LogP) is 6.27. The number of hydrogen-bond acceptors (Lipinski definition) is 8. The van der Waals surface area contributed by atoms with Gasteiger partial charge in [-0.2, -0.15) is 10.1 Å². The van der Waals surface area contributed by atoms with Crippen molar-refractivity contribution in [2.24, 2.45) is 4.99 Å². The van der Waals surface area contributed by atoms with Crippen molar-refractivity contribution in [3.8, 4) is 23.0 Å². The first kappa shape index (κ1) is 26.9. The van der Waals surface area contributed by atoms with Gasteiger partial charge in [0.2, 0.25) is 6.08 Å². The number of aromatic nitrogens is 3. The maximum absolute atomic E-state index is 13.9. The van der Waals surface area contributed by atoms with Crippen molar-refractivity contribution in [2.45, 2.75) is 58.6 Å². The highest BCUT2D eigenvalue weighted by Gasteiger charge is 2.45. The van der Waals surface area contributed by atoms with Crippen molar-refractivity contribution in [3.63, 3.8) is 0 Å². The molecule has 0 aliphatic carbocycles. The summed E-state index contributed by atoms with van der Waals surface area (Å²) in [5.74, 6) is 0.796. The molecule has 40 heavy (non-hydrogen) atoms. The summed E-state index contributed by atoms with van der Waals surface area (Å²) in [4.78, 5) is 30.5. The van der Waals surface area contributed by atoms with Crippen molar-refractivity contribution >= 4 is 23.4 Å². The number of fused-ring (bicyclic) bond motifs is 1. The molecule has 0 spiro atoms. The molecule has 5 rings (SSSR count). The Morgan fingerprint density at radius 1 is 1.05 bits per heavy atom. The Hall–Kier alpha value is -4.69. The van der Waals surface area contributed by atoms with Gasteiger partial charge in [-0.15, -0.1) is 0 Å². The highest BCUT2D eigenvalue weighted by molar-refractivity contribution is 6.11. The summed E-state index contributed by atoms with van der Waals surface area (Å²) >= 11 is 0. The smallest absolute Gasteiger partial charge is 0.282 e. The van der Waals surface area contributed by atoms with Gasteiger partial charge in [0.25, 0.3) is 11.8 Å². The van der Waals surface area contributed by atoms with Crippen LogP contribution in [0.15, 0.2) is 58.0 Å². The van der Waals surface area contributed by atoms with Crippen molar-refractivity contribution in [3.05, 3.63) is 71.0 Å². The van der Waals surface area contributed by atoms with Gasteiger partial charge in [-0.05, 0) is 56.3 Å². The molecule has 206 valence electrons.